The Labute approximate surface area is 206 Å². The van der Waals surface area contributed by atoms with E-state index in [1.807, 2.05) is 0 Å². The fourth-order valence-electron chi connectivity index (χ4n) is 4.16. The average Bonchev–Trinajstić information content (AvgIpc) is 3.16. The van der Waals surface area contributed by atoms with Crippen molar-refractivity contribution in [1.29, 1.82) is 0 Å². The van der Waals surface area contributed by atoms with E-state index in [0.717, 1.165) is 21.5 Å². The van der Waals surface area contributed by atoms with Gasteiger partial charge in [-0.2, -0.15) is 0 Å². The van der Waals surface area contributed by atoms with Gasteiger partial charge >= 0.3 is 0 Å². The third-order valence-electron chi connectivity index (χ3n) is 5.63. The minimum Gasteiger partial charge on any atom is -0.401 e. The smallest absolute Gasteiger partial charge is 0.261 e. The van der Waals surface area contributed by atoms with E-state index in [9.17, 15) is 0 Å². The minimum absolute atomic E-state index is 0.0310. The number of hydrogen-bond donors (Lipinski definition) is 0. The summed E-state index contributed by atoms with van der Waals surface area (Å²) >= 11 is 4.16. The van der Waals surface area contributed by atoms with Crippen molar-refractivity contribution < 1.29 is 4.43 Å². The predicted molar refractivity (Wildman–Crippen MR) is 146 cm³/mol. The van der Waals surface area contributed by atoms with Crippen molar-refractivity contribution in [3.05, 3.63) is 82.3 Å². The van der Waals surface area contributed by atoms with E-state index >= 15 is 0 Å². The normalized spacial score (nSPS) is 13.9. The van der Waals surface area contributed by atoms with E-state index < -0.39 is 8.32 Å². The van der Waals surface area contributed by atoms with Gasteiger partial charge in [0, 0.05) is 9.81 Å². The number of aryl methyl sites for hydroxylation is 1. The van der Waals surface area contributed by atoms with Gasteiger partial charge in [0.25, 0.3) is 8.32 Å². The van der Waals surface area contributed by atoms with Crippen LogP contribution in [0.15, 0.2) is 71.6 Å². The van der Waals surface area contributed by atoms with Crippen LogP contribution in [0.1, 0.15) is 44.8 Å². The molecule has 0 amide bonds. The molecule has 1 aromatic heterocycles. The highest BCUT2D eigenvalue weighted by atomic mass is 127. The topological polar surface area (TPSA) is 22.1 Å². The largest absolute Gasteiger partial charge is 0.401 e. The first kappa shape index (κ1) is 24.4. The Morgan fingerprint density at radius 3 is 2.03 bits per heavy atom. The predicted octanol–water partition coefficient (Wildman–Crippen LogP) is 6.63. The fraction of sp³-hybridized carbons (Fsp3) is 0.346. The number of halogens is 1. The zero-order valence-corrected chi connectivity index (χ0v) is 23.0. The van der Waals surface area contributed by atoms with E-state index in [-0.39, 0.29) is 11.1 Å². The molecule has 3 aromatic rings. The summed E-state index contributed by atoms with van der Waals surface area (Å²) < 4.78 is 8.44. The molecule has 0 saturated carbocycles. The second kappa shape index (κ2) is 10.6. The van der Waals surface area contributed by atoms with Crippen molar-refractivity contribution in [1.82, 2.24) is 4.98 Å². The Morgan fingerprint density at radius 1 is 1.06 bits per heavy atom. The molecule has 1 heterocycles. The molecule has 0 N–H and O–H groups in total. The first-order valence-electron chi connectivity index (χ1n) is 10.7. The maximum atomic E-state index is 7.40. The molecule has 2 nitrogen and oxygen atoms in total. The molecule has 0 bridgehead atoms. The molecule has 0 aliphatic rings. The molecule has 2 aromatic carbocycles. The highest BCUT2D eigenvalue weighted by molar-refractivity contribution is 14.1. The van der Waals surface area contributed by atoms with Crippen molar-refractivity contribution in [3.63, 3.8) is 0 Å². The van der Waals surface area contributed by atoms with E-state index in [1.54, 1.807) is 11.3 Å². The standard InChI is InChI=1S/C26H32INOSSi/c1-20(18-22-19-30-21(2)28-22)25(16-17-27)29-31(26(3,4)5,23-12-8-6-9-13-23)24-14-10-7-11-15-24/h6-15,18-19,25H,16-17H2,1-5H3/b20-18+/t25-/m1/s1. The van der Waals surface area contributed by atoms with E-state index in [1.165, 1.54) is 15.9 Å². The molecular weight excluding hydrogens is 529 g/mol. The Morgan fingerprint density at radius 2 is 1.61 bits per heavy atom. The lowest BCUT2D eigenvalue weighted by molar-refractivity contribution is 0.220. The molecule has 0 aliphatic carbocycles. The highest BCUT2D eigenvalue weighted by Gasteiger charge is 2.51. The summed E-state index contributed by atoms with van der Waals surface area (Å²) in [5, 5.41) is 5.84. The van der Waals surface area contributed by atoms with Gasteiger partial charge in [-0.15, -0.1) is 11.3 Å². The van der Waals surface area contributed by atoms with Crippen molar-refractivity contribution in [3.8, 4) is 0 Å². The van der Waals surface area contributed by atoms with E-state index in [4.69, 9.17) is 4.43 Å². The van der Waals surface area contributed by atoms with Crippen molar-refractivity contribution in [2.45, 2.75) is 52.2 Å². The summed E-state index contributed by atoms with van der Waals surface area (Å²) in [5.74, 6) is 0. The summed E-state index contributed by atoms with van der Waals surface area (Å²) in [7, 11) is -2.59. The van der Waals surface area contributed by atoms with Crippen LogP contribution in [0.5, 0.6) is 0 Å². The molecule has 5 heteroatoms. The minimum atomic E-state index is -2.59. The quantitative estimate of drug-likeness (QED) is 0.175. The van der Waals surface area contributed by atoms with Crippen LogP contribution >= 0.6 is 33.9 Å². The SMILES string of the molecule is C/C(=C\c1csc(C)n1)[C@@H](CCI)O[Si](c1ccccc1)(c1ccccc1)C(C)(C)C. The summed E-state index contributed by atoms with van der Waals surface area (Å²) in [6, 6.07) is 21.8. The van der Waals surface area contributed by atoms with Crippen LogP contribution in [0.4, 0.5) is 0 Å². The third kappa shape index (κ3) is 5.56. The summed E-state index contributed by atoms with van der Waals surface area (Å²) in [6.07, 6.45) is 3.24. The molecule has 0 fully saturated rings. The fourth-order valence-corrected chi connectivity index (χ4v) is 10.0. The number of aromatic nitrogens is 1. The lowest BCUT2D eigenvalue weighted by Gasteiger charge is -2.45. The second-order valence-electron chi connectivity index (χ2n) is 8.93. The van der Waals surface area contributed by atoms with Crippen LogP contribution in [0, 0.1) is 6.92 Å². The molecule has 3 rings (SSSR count). The van der Waals surface area contributed by atoms with Crippen molar-refractivity contribution in [2.24, 2.45) is 0 Å². The molecule has 0 unspecified atom stereocenters. The molecular formula is C26H32INOSSi. The van der Waals surface area contributed by atoms with Crippen LogP contribution in [-0.2, 0) is 4.43 Å². The summed E-state index contributed by atoms with van der Waals surface area (Å²) in [5.41, 5.74) is 2.28. The van der Waals surface area contributed by atoms with Crippen LogP contribution in [0.25, 0.3) is 6.08 Å². The zero-order chi connectivity index (χ0) is 22.5. The van der Waals surface area contributed by atoms with Crippen LogP contribution < -0.4 is 10.4 Å². The third-order valence-corrected chi connectivity index (χ3v) is 12.1. The molecule has 31 heavy (non-hydrogen) atoms. The number of nitrogens with zero attached hydrogens (tertiary/aromatic N) is 1. The van der Waals surface area contributed by atoms with Gasteiger partial charge in [0.2, 0.25) is 0 Å². The maximum absolute atomic E-state index is 7.40. The van der Waals surface area contributed by atoms with Gasteiger partial charge in [-0.05, 0) is 47.3 Å². The Kier molecular flexibility index (Phi) is 8.29. The van der Waals surface area contributed by atoms with Gasteiger partial charge in [-0.1, -0.05) is 104 Å². The second-order valence-corrected chi connectivity index (χ2v) is 15.3. The molecule has 0 radical (unpaired) electrons. The number of alkyl halides is 1. The van der Waals surface area contributed by atoms with Crippen molar-refractivity contribution in [2.75, 3.05) is 4.43 Å². The van der Waals surface area contributed by atoms with Crippen molar-refractivity contribution >= 4 is 58.7 Å². The lowest BCUT2D eigenvalue weighted by Crippen LogP contribution is -2.67. The Hall–Kier alpha value is -1.28. The van der Waals surface area contributed by atoms with E-state index in [0.29, 0.717) is 0 Å². The summed E-state index contributed by atoms with van der Waals surface area (Å²) in [4.78, 5) is 4.65. The monoisotopic (exact) mass is 561 g/mol. The first-order chi connectivity index (χ1) is 14.8. The molecule has 164 valence electrons. The van der Waals surface area contributed by atoms with Crippen LogP contribution in [-0.4, -0.2) is 23.8 Å². The number of hydrogen-bond acceptors (Lipinski definition) is 3. The van der Waals surface area contributed by atoms with Gasteiger partial charge in [0.05, 0.1) is 16.8 Å². The Bertz CT molecular complexity index is 956. The van der Waals surface area contributed by atoms with Gasteiger partial charge in [-0.3, -0.25) is 0 Å². The molecule has 1 atom stereocenters. The lowest BCUT2D eigenvalue weighted by atomic mass is 10.1. The van der Waals surface area contributed by atoms with Gasteiger partial charge in [-0.25, -0.2) is 4.98 Å². The Balaban J connectivity index is 2.15. The number of thiazole rings is 1. The molecule has 0 saturated heterocycles. The molecule has 0 aliphatic heterocycles. The van der Waals surface area contributed by atoms with Crippen LogP contribution in [0.3, 0.4) is 0 Å². The first-order valence-corrected chi connectivity index (χ1v) is 15.0. The maximum Gasteiger partial charge on any atom is 0.261 e. The van der Waals surface area contributed by atoms with Gasteiger partial charge in [0.1, 0.15) is 0 Å². The van der Waals surface area contributed by atoms with Gasteiger partial charge in [0.15, 0.2) is 0 Å². The average molecular weight is 562 g/mol. The highest BCUT2D eigenvalue weighted by Crippen LogP contribution is 2.39. The van der Waals surface area contributed by atoms with Gasteiger partial charge < -0.3 is 4.43 Å². The zero-order valence-electron chi connectivity index (χ0n) is 19.1. The van der Waals surface area contributed by atoms with E-state index in [2.05, 4.69) is 134 Å². The number of benzene rings is 2. The molecule has 0 spiro atoms. The summed E-state index contributed by atoms with van der Waals surface area (Å²) in [6.45, 7) is 11.3. The van der Waals surface area contributed by atoms with Crippen LogP contribution in [0.2, 0.25) is 5.04 Å². The number of rotatable bonds is 8.